The van der Waals surface area contributed by atoms with Gasteiger partial charge in [0.1, 0.15) is 0 Å². The summed E-state index contributed by atoms with van der Waals surface area (Å²) in [6, 6.07) is 0. The van der Waals surface area contributed by atoms with E-state index in [4.69, 9.17) is 9.84 Å². The molecular formula is C12H22O3. The van der Waals surface area contributed by atoms with E-state index in [9.17, 15) is 4.79 Å². The van der Waals surface area contributed by atoms with Gasteiger partial charge < -0.3 is 9.84 Å². The monoisotopic (exact) mass is 214 g/mol. The van der Waals surface area contributed by atoms with Crippen LogP contribution in [0.5, 0.6) is 0 Å². The second-order valence-electron chi connectivity index (χ2n) is 5.64. The van der Waals surface area contributed by atoms with Crippen molar-refractivity contribution in [2.75, 3.05) is 7.11 Å². The quantitative estimate of drug-likeness (QED) is 0.768. The Labute approximate surface area is 91.8 Å². The maximum absolute atomic E-state index is 11.1. The summed E-state index contributed by atoms with van der Waals surface area (Å²) in [7, 11) is 1.51. The Morgan fingerprint density at radius 3 is 2.07 bits per heavy atom. The van der Waals surface area contributed by atoms with Crippen molar-refractivity contribution in [1.82, 2.24) is 0 Å². The largest absolute Gasteiger partial charge is 0.479 e. The van der Waals surface area contributed by atoms with Crippen LogP contribution in [0.1, 0.15) is 46.5 Å². The van der Waals surface area contributed by atoms with Crippen LogP contribution in [0.4, 0.5) is 0 Å². The highest BCUT2D eigenvalue weighted by atomic mass is 16.5. The van der Waals surface area contributed by atoms with Crippen molar-refractivity contribution in [3.8, 4) is 0 Å². The number of methoxy groups -OCH3 is 1. The number of carboxylic acid groups (broad SMARTS) is 1. The maximum atomic E-state index is 11.1. The highest BCUT2D eigenvalue weighted by molar-refractivity contribution is 5.77. The highest BCUT2D eigenvalue weighted by Crippen LogP contribution is 2.42. The Morgan fingerprint density at radius 2 is 1.80 bits per heavy atom. The van der Waals surface area contributed by atoms with Gasteiger partial charge in [-0.15, -0.1) is 0 Å². The van der Waals surface area contributed by atoms with Crippen LogP contribution in [-0.4, -0.2) is 23.8 Å². The van der Waals surface area contributed by atoms with E-state index in [1.54, 1.807) is 0 Å². The lowest BCUT2D eigenvalue weighted by atomic mass is 9.68. The Balaban J connectivity index is 2.65. The van der Waals surface area contributed by atoms with E-state index in [0.29, 0.717) is 18.8 Å². The lowest BCUT2D eigenvalue weighted by Gasteiger charge is -2.40. The first-order valence-corrected chi connectivity index (χ1v) is 5.60. The second-order valence-corrected chi connectivity index (χ2v) is 5.64. The van der Waals surface area contributed by atoms with Crippen molar-refractivity contribution in [1.29, 1.82) is 0 Å². The lowest BCUT2D eigenvalue weighted by molar-refractivity contribution is -0.168. The van der Waals surface area contributed by atoms with Crippen LogP contribution < -0.4 is 0 Å². The van der Waals surface area contributed by atoms with Crippen LogP contribution in [0.25, 0.3) is 0 Å². The molecule has 0 spiro atoms. The van der Waals surface area contributed by atoms with Gasteiger partial charge >= 0.3 is 5.97 Å². The molecule has 15 heavy (non-hydrogen) atoms. The summed E-state index contributed by atoms with van der Waals surface area (Å²) in [5.74, 6) is -0.197. The Hall–Kier alpha value is -0.570. The van der Waals surface area contributed by atoms with Gasteiger partial charge in [-0.2, -0.15) is 0 Å². The van der Waals surface area contributed by atoms with Crippen molar-refractivity contribution in [3.63, 3.8) is 0 Å². The topological polar surface area (TPSA) is 46.5 Å². The van der Waals surface area contributed by atoms with Gasteiger partial charge in [-0.25, -0.2) is 4.79 Å². The van der Waals surface area contributed by atoms with Crippen LogP contribution in [-0.2, 0) is 9.53 Å². The van der Waals surface area contributed by atoms with Crippen LogP contribution >= 0.6 is 0 Å². The van der Waals surface area contributed by atoms with E-state index in [-0.39, 0.29) is 5.41 Å². The molecule has 3 heteroatoms. The van der Waals surface area contributed by atoms with E-state index in [2.05, 4.69) is 20.8 Å². The van der Waals surface area contributed by atoms with Crippen molar-refractivity contribution >= 4 is 5.97 Å². The predicted molar refractivity (Wildman–Crippen MR) is 58.8 cm³/mol. The molecule has 1 rings (SSSR count). The van der Waals surface area contributed by atoms with Gasteiger partial charge in [-0.3, -0.25) is 0 Å². The van der Waals surface area contributed by atoms with E-state index in [0.717, 1.165) is 12.8 Å². The van der Waals surface area contributed by atoms with E-state index in [1.807, 2.05) is 0 Å². The molecule has 0 radical (unpaired) electrons. The van der Waals surface area contributed by atoms with Crippen LogP contribution in [0.2, 0.25) is 0 Å². The number of ether oxygens (including phenoxy) is 1. The lowest BCUT2D eigenvalue weighted by Crippen LogP contribution is -2.45. The van der Waals surface area contributed by atoms with E-state index < -0.39 is 11.6 Å². The molecule has 1 aliphatic rings. The maximum Gasteiger partial charge on any atom is 0.335 e. The van der Waals surface area contributed by atoms with Crippen LogP contribution in [0.15, 0.2) is 0 Å². The van der Waals surface area contributed by atoms with Crippen molar-refractivity contribution in [2.24, 2.45) is 11.3 Å². The zero-order chi connectivity index (χ0) is 11.7. The third kappa shape index (κ3) is 2.51. The molecule has 0 aromatic rings. The van der Waals surface area contributed by atoms with Crippen LogP contribution in [0, 0.1) is 11.3 Å². The summed E-state index contributed by atoms with van der Waals surface area (Å²) in [4.78, 5) is 11.1. The molecule has 88 valence electrons. The zero-order valence-electron chi connectivity index (χ0n) is 10.2. The fourth-order valence-electron chi connectivity index (χ4n) is 2.46. The molecule has 1 aliphatic carbocycles. The molecule has 1 N–H and O–H groups in total. The summed E-state index contributed by atoms with van der Waals surface area (Å²) >= 11 is 0. The van der Waals surface area contributed by atoms with E-state index in [1.165, 1.54) is 7.11 Å². The molecule has 0 heterocycles. The predicted octanol–water partition coefficient (Wildman–Crippen LogP) is 2.69. The fourth-order valence-corrected chi connectivity index (χ4v) is 2.46. The molecule has 0 saturated heterocycles. The number of rotatable bonds is 2. The summed E-state index contributed by atoms with van der Waals surface area (Å²) in [6.45, 7) is 6.66. The summed E-state index contributed by atoms with van der Waals surface area (Å²) in [5, 5.41) is 9.15. The van der Waals surface area contributed by atoms with Crippen molar-refractivity contribution in [2.45, 2.75) is 52.1 Å². The minimum atomic E-state index is -0.915. The van der Waals surface area contributed by atoms with Crippen molar-refractivity contribution < 1.29 is 14.6 Å². The Morgan fingerprint density at radius 1 is 1.33 bits per heavy atom. The average Bonchev–Trinajstić information content (AvgIpc) is 2.16. The first kappa shape index (κ1) is 12.5. The first-order valence-electron chi connectivity index (χ1n) is 5.60. The zero-order valence-corrected chi connectivity index (χ0v) is 10.2. The summed E-state index contributed by atoms with van der Waals surface area (Å²) in [6.07, 6.45) is 3.18. The van der Waals surface area contributed by atoms with Gasteiger partial charge in [0.05, 0.1) is 0 Å². The molecule has 0 atom stereocenters. The normalized spacial score (nSPS) is 32.7. The molecule has 0 bridgehead atoms. The Kier molecular flexibility index (Phi) is 3.44. The van der Waals surface area contributed by atoms with Gasteiger partial charge in [-0.1, -0.05) is 20.8 Å². The van der Waals surface area contributed by atoms with Gasteiger partial charge in [0.25, 0.3) is 0 Å². The number of carboxylic acids is 1. The molecule has 0 amide bonds. The van der Waals surface area contributed by atoms with Crippen LogP contribution in [0.3, 0.4) is 0 Å². The smallest absolute Gasteiger partial charge is 0.335 e. The molecule has 1 fully saturated rings. The highest BCUT2D eigenvalue weighted by Gasteiger charge is 2.44. The standard InChI is InChI=1S/C12H22O3/c1-11(2,3)9-5-7-12(15-4,8-6-9)10(13)14/h9H,5-8H2,1-4H3,(H,13,14). The third-order valence-electron chi connectivity index (χ3n) is 3.80. The van der Waals surface area contributed by atoms with E-state index >= 15 is 0 Å². The van der Waals surface area contributed by atoms with Gasteiger partial charge in [-0.05, 0) is 37.0 Å². The molecule has 1 saturated carbocycles. The molecule has 0 aromatic carbocycles. The molecule has 3 nitrogen and oxygen atoms in total. The van der Waals surface area contributed by atoms with Gasteiger partial charge in [0.15, 0.2) is 5.60 Å². The van der Waals surface area contributed by atoms with Gasteiger partial charge in [0, 0.05) is 7.11 Å². The molecule has 0 aliphatic heterocycles. The Bertz CT molecular complexity index is 232. The summed E-state index contributed by atoms with van der Waals surface area (Å²) < 4.78 is 5.20. The second kappa shape index (κ2) is 4.12. The minimum Gasteiger partial charge on any atom is -0.479 e. The van der Waals surface area contributed by atoms with Gasteiger partial charge in [0.2, 0.25) is 0 Å². The molecule has 0 unspecified atom stereocenters. The number of aliphatic carboxylic acids is 1. The third-order valence-corrected chi connectivity index (χ3v) is 3.80. The van der Waals surface area contributed by atoms with Crippen molar-refractivity contribution in [3.05, 3.63) is 0 Å². The molecular weight excluding hydrogens is 192 g/mol. The molecule has 0 aromatic heterocycles. The fraction of sp³-hybridized carbons (Fsp3) is 0.917. The summed E-state index contributed by atoms with van der Waals surface area (Å²) in [5.41, 5.74) is -0.639. The number of carbonyl (C=O) groups is 1. The SMILES string of the molecule is COC1(C(=O)O)CCC(C(C)(C)C)CC1. The number of hydrogen-bond acceptors (Lipinski definition) is 2. The minimum absolute atomic E-state index is 0.276. The first-order chi connectivity index (χ1) is 6.82. The number of hydrogen-bond donors (Lipinski definition) is 1. The average molecular weight is 214 g/mol.